The van der Waals surface area contributed by atoms with Gasteiger partial charge in [0.2, 0.25) is 5.91 Å². The van der Waals surface area contributed by atoms with Gasteiger partial charge >= 0.3 is 0 Å². The summed E-state index contributed by atoms with van der Waals surface area (Å²) in [6.07, 6.45) is 6.38. The third-order valence-electron chi connectivity index (χ3n) is 6.18. The van der Waals surface area contributed by atoms with Crippen LogP contribution in [0.25, 0.3) is 5.65 Å². The Kier molecular flexibility index (Phi) is 3.51. The van der Waals surface area contributed by atoms with Gasteiger partial charge in [0.1, 0.15) is 0 Å². The van der Waals surface area contributed by atoms with Gasteiger partial charge < -0.3 is 4.90 Å². The molecule has 0 N–H and O–H groups in total. The van der Waals surface area contributed by atoms with E-state index in [0.717, 1.165) is 63.2 Å². The first-order valence-electron chi connectivity index (χ1n) is 9.44. The molecule has 3 aliphatic rings. The van der Waals surface area contributed by atoms with Gasteiger partial charge in [0, 0.05) is 19.5 Å². The normalized spacial score (nSPS) is 25.2. The van der Waals surface area contributed by atoms with Crippen LogP contribution in [0.15, 0.2) is 6.07 Å². The quantitative estimate of drug-likeness (QED) is 0.817. The first-order chi connectivity index (χ1) is 12.2. The lowest BCUT2D eigenvalue weighted by molar-refractivity contribution is -0.131. The van der Waals surface area contributed by atoms with E-state index < -0.39 is 0 Å². The van der Waals surface area contributed by atoms with Crippen molar-refractivity contribution in [2.24, 2.45) is 0 Å². The predicted molar refractivity (Wildman–Crippen MR) is 92.4 cm³/mol. The molecule has 0 radical (unpaired) electrons. The van der Waals surface area contributed by atoms with Crippen molar-refractivity contribution in [3.05, 3.63) is 23.1 Å². The third-order valence-corrected chi connectivity index (χ3v) is 6.18. The summed E-state index contributed by atoms with van der Waals surface area (Å²) in [5.74, 6) is 1.66. The average molecular weight is 340 g/mol. The Morgan fingerprint density at radius 1 is 1.08 bits per heavy atom. The zero-order valence-corrected chi connectivity index (χ0v) is 14.7. The van der Waals surface area contributed by atoms with Gasteiger partial charge in [-0.3, -0.25) is 9.69 Å². The standard InChI is InChI=1S/C18H24N6O/c1-22-8-7-15(18(22)25)23-9-5-12(6-10-23)17-20-19-16-11-13-3-2-4-14(13)21-24(16)17/h11-12,15H,2-10H2,1H3. The Morgan fingerprint density at radius 2 is 1.92 bits per heavy atom. The average Bonchev–Trinajstić information content (AvgIpc) is 3.33. The van der Waals surface area contributed by atoms with Crippen molar-refractivity contribution >= 4 is 11.6 Å². The Labute approximate surface area is 147 Å². The summed E-state index contributed by atoms with van der Waals surface area (Å²) in [5, 5.41) is 13.7. The van der Waals surface area contributed by atoms with Crippen LogP contribution >= 0.6 is 0 Å². The van der Waals surface area contributed by atoms with Crippen LogP contribution in [0.4, 0.5) is 0 Å². The molecule has 2 saturated heterocycles. The van der Waals surface area contributed by atoms with E-state index in [1.54, 1.807) is 0 Å². The maximum Gasteiger partial charge on any atom is 0.239 e. The SMILES string of the molecule is CN1CCC(N2CCC(c3nnc4cc5c(nn34)CCC5)CC2)C1=O. The van der Waals surface area contributed by atoms with Crippen LogP contribution in [0.5, 0.6) is 0 Å². The van der Waals surface area contributed by atoms with Gasteiger partial charge in [-0.15, -0.1) is 10.2 Å². The number of piperidine rings is 1. The molecule has 7 heteroatoms. The van der Waals surface area contributed by atoms with Crippen molar-refractivity contribution in [1.29, 1.82) is 0 Å². The van der Waals surface area contributed by atoms with Crippen molar-refractivity contribution in [3.8, 4) is 0 Å². The molecule has 1 aliphatic carbocycles. The first-order valence-corrected chi connectivity index (χ1v) is 9.44. The van der Waals surface area contributed by atoms with Crippen LogP contribution in [0.3, 0.4) is 0 Å². The number of carbonyl (C=O) groups is 1. The summed E-state index contributed by atoms with van der Waals surface area (Å²) < 4.78 is 1.97. The van der Waals surface area contributed by atoms with E-state index in [1.807, 2.05) is 16.5 Å². The molecule has 25 heavy (non-hydrogen) atoms. The summed E-state index contributed by atoms with van der Waals surface area (Å²) >= 11 is 0. The minimum absolute atomic E-state index is 0.0856. The topological polar surface area (TPSA) is 66.6 Å². The second-order valence-electron chi connectivity index (χ2n) is 7.67. The molecule has 2 fully saturated rings. The van der Waals surface area contributed by atoms with E-state index in [4.69, 9.17) is 5.10 Å². The fourth-order valence-corrected chi connectivity index (χ4v) is 4.66. The Hall–Kier alpha value is -2.02. The molecule has 4 heterocycles. The molecule has 0 saturated carbocycles. The molecule has 1 atom stereocenters. The number of nitrogens with zero attached hydrogens (tertiary/aromatic N) is 6. The number of amides is 1. The van der Waals surface area contributed by atoms with Gasteiger partial charge in [-0.1, -0.05) is 0 Å². The number of hydrogen-bond donors (Lipinski definition) is 0. The van der Waals surface area contributed by atoms with Gasteiger partial charge in [-0.05, 0) is 63.2 Å². The fourth-order valence-electron chi connectivity index (χ4n) is 4.66. The largest absolute Gasteiger partial charge is 0.344 e. The van der Waals surface area contributed by atoms with Gasteiger partial charge in [0.05, 0.1) is 11.7 Å². The number of aromatic nitrogens is 4. The number of likely N-dealkylation sites (N-methyl/N-ethyl adjacent to an activating group) is 1. The minimum atomic E-state index is 0.0856. The number of rotatable bonds is 2. The molecule has 1 amide bonds. The number of hydrogen-bond acceptors (Lipinski definition) is 5. The Morgan fingerprint density at radius 3 is 2.68 bits per heavy atom. The summed E-state index contributed by atoms with van der Waals surface area (Å²) in [6.45, 7) is 2.79. The summed E-state index contributed by atoms with van der Waals surface area (Å²) in [4.78, 5) is 16.5. The Bertz CT molecular complexity index is 822. The highest BCUT2D eigenvalue weighted by atomic mass is 16.2. The van der Waals surface area contributed by atoms with Crippen LogP contribution in [-0.2, 0) is 17.6 Å². The smallest absolute Gasteiger partial charge is 0.239 e. The lowest BCUT2D eigenvalue weighted by Crippen LogP contribution is -2.45. The number of carbonyl (C=O) groups excluding carboxylic acids is 1. The van der Waals surface area contributed by atoms with Crippen LogP contribution in [0, 0.1) is 0 Å². The highest BCUT2D eigenvalue weighted by Crippen LogP contribution is 2.30. The van der Waals surface area contributed by atoms with Crippen molar-refractivity contribution in [2.45, 2.75) is 50.5 Å². The van der Waals surface area contributed by atoms with E-state index in [-0.39, 0.29) is 11.9 Å². The van der Waals surface area contributed by atoms with E-state index in [1.165, 1.54) is 17.7 Å². The molecule has 5 rings (SSSR count). The van der Waals surface area contributed by atoms with Gasteiger partial charge in [-0.25, -0.2) is 0 Å². The van der Waals surface area contributed by atoms with Gasteiger partial charge in [0.15, 0.2) is 11.5 Å². The highest BCUT2D eigenvalue weighted by molar-refractivity contribution is 5.83. The van der Waals surface area contributed by atoms with Crippen LogP contribution in [0.2, 0.25) is 0 Å². The minimum Gasteiger partial charge on any atom is -0.344 e. The van der Waals surface area contributed by atoms with E-state index >= 15 is 0 Å². The number of aryl methyl sites for hydroxylation is 2. The Balaban J connectivity index is 1.34. The molecule has 2 aromatic rings. The van der Waals surface area contributed by atoms with Crippen molar-refractivity contribution in [1.82, 2.24) is 29.6 Å². The molecule has 132 valence electrons. The summed E-state index contributed by atoms with van der Waals surface area (Å²) in [7, 11) is 1.90. The lowest BCUT2D eigenvalue weighted by atomic mass is 9.94. The highest BCUT2D eigenvalue weighted by Gasteiger charge is 2.36. The van der Waals surface area contributed by atoms with Crippen molar-refractivity contribution in [2.75, 3.05) is 26.7 Å². The van der Waals surface area contributed by atoms with Crippen LogP contribution in [-0.4, -0.2) is 68.2 Å². The molecule has 1 unspecified atom stereocenters. The molecule has 2 aromatic heterocycles. The summed E-state index contributed by atoms with van der Waals surface area (Å²) in [6, 6.07) is 2.25. The molecule has 0 bridgehead atoms. The van der Waals surface area contributed by atoms with Crippen LogP contribution < -0.4 is 0 Å². The van der Waals surface area contributed by atoms with E-state index in [0.29, 0.717) is 5.92 Å². The van der Waals surface area contributed by atoms with Gasteiger partial charge in [0.25, 0.3) is 0 Å². The molecular weight excluding hydrogens is 316 g/mol. The summed E-state index contributed by atoms with van der Waals surface area (Å²) in [5.41, 5.74) is 3.43. The maximum atomic E-state index is 12.2. The second kappa shape index (κ2) is 5.76. The zero-order valence-electron chi connectivity index (χ0n) is 14.7. The molecular formula is C18H24N6O. The second-order valence-corrected chi connectivity index (χ2v) is 7.67. The zero-order chi connectivity index (χ0) is 17.0. The van der Waals surface area contributed by atoms with E-state index in [9.17, 15) is 4.79 Å². The lowest BCUT2D eigenvalue weighted by Gasteiger charge is -2.34. The first kappa shape index (κ1) is 15.3. The van der Waals surface area contributed by atoms with Crippen molar-refractivity contribution in [3.63, 3.8) is 0 Å². The monoisotopic (exact) mass is 340 g/mol. The maximum absolute atomic E-state index is 12.2. The van der Waals surface area contributed by atoms with Crippen molar-refractivity contribution < 1.29 is 4.79 Å². The van der Waals surface area contributed by atoms with Crippen LogP contribution in [0.1, 0.15) is 48.7 Å². The number of likely N-dealkylation sites (tertiary alicyclic amines) is 2. The third kappa shape index (κ3) is 2.44. The fraction of sp³-hybridized carbons (Fsp3) is 0.667. The molecule has 7 nitrogen and oxygen atoms in total. The van der Waals surface area contributed by atoms with E-state index in [2.05, 4.69) is 21.2 Å². The predicted octanol–water partition coefficient (Wildman–Crippen LogP) is 1.02. The van der Waals surface area contributed by atoms with Gasteiger partial charge in [-0.2, -0.15) is 9.61 Å². The molecule has 0 aromatic carbocycles. The molecule has 2 aliphatic heterocycles. The number of fused-ring (bicyclic) bond motifs is 2. The molecule has 0 spiro atoms.